The van der Waals surface area contributed by atoms with Gasteiger partial charge in [-0.2, -0.15) is 4.31 Å². The molecule has 1 atom stereocenters. The van der Waals surface area contributed by atoms with Crippen LogP contribution in [0.25, 0.3) is 0 Å². The standard InChI is InChI=1S/C16H20FN3O4S/c1-25(23,24)19-9-16(17,10-19)12-5-2-4-11(8-12)15(22)20-7-3-6-13(20)14(18)21/h2,4-5,8,13H,3,6-7,9-10H2,1H3,(H2,18,21)/t13-/m1/s1. The molecule has 2 N–H and O–H groups in total. The first-order valence-electron chi connectivity index (χ1n) is 7.97. The van der Waals surface area contributed by atoms with Crippen molar-refractivity contribution < 1.29 is 22.4 Å². The van der Waals surface area contributed by atoms with Gasteiger partial charge in [-0.15, -0.1) is 0 Å². The van der Waals surface area contributed by atoms with Gasteiger partial charge in [-0.25, -0.2) is 12.8 Å². The van der Waals surface area contributed by atoms with Crippen LogP contribution >= 0.6 is 0 Å². The zero-order valence-electron chi connectivity index (χ0n) is 13.8. The van der Waals surface area contributed by atoms with Crippen LogP contribution in [0.5, 0.6) is 0 Å². The summed E-state index contributed by atoms with van der Waals surface area (Å²) < 4.78 is 38.9. The van der Waals surface area contributed by atoms with E-state index in [1.165, 1.54) is 17.0 Å². The Morgan fingerprint density at radius 2 is 2.00 bits per heavy atom. The van der Waals surface area contributed by atoms with E-state index >= 15 is 0 Å². The maximum absolute atomic E-state index is 14.9. The summed E-state index contributed by atoms with van der Waals surface area (Å²) in [5, 5.41) is 0. The monoisotopic (exact) mass is 369 g/mol. The summed E-state index contributed by atoms with van der Waals surface area (Å²) in [7, 11) is -3.43. The Balaban J connectivity index is 1.81. The normalized spacial score (nSPS) is 23.3. The second kappa shape index (κ2) is 6.06. The summed E-state index contributed by atoms with van der Waals surface area (Å²) in [6.45, 7) is -0.104. The van der Waals surface area contributed by atoms with Gasteiger partial charge in [0.1, 0.15) is 6.04 Å². The lowest BCUT2D eigenvalue weighted by atomic mass is 9.89. The fraction of sp³-hybridized carbons (Fsp3) is 0.500. The molecule has 7 nitrogen and oxygen atoms in total. The highest BCUT2D eigenvalue weighted by molar-refractivity contribution is 7.88. The van der Waals surface area contributed by atoms with Gasteiger partial charge in [0.05, 0.1) is 19.3 Å². The van der Waals surface area contributed by atoms with Crippen LogP contribution in [-0.4, -0.2) is 61.4 Å². The number of hydrogen-bond acceptors (Lipinski definition) is 4. The third-order valence-electron chi connectivity index (χ3n) is 4.79. The molecule has 0 bridgehead atoms. The molecule has 2 aliphatic heterocycles. The number of hydrogen-bond donors (Lipinski definition) is 1. The molecule has 0 aromatic heterocycles. The van der Waals surface area contributed by atoms with E-state index in [0.717, 1.165) is 10.6 Å². The molecule has 2 amide bonds. The number of nitrogens with two attached hydrogens (primary N) is 1. The minimum absolute atomic E-state index is 0.257. The van der Waals surface area contributed by atoms with Crippen LogP contribution in [0, 0.1) is 0 Å². The van der Waals surface area contributed by atoms with Gasteiger partial charge >= 0.3 is 0 Å². The summed E-state index contributed by atoms with van der Waals surface area (Å²) in [6.07, 6.45) is 2.25. The molecule has 25 heavy (non-hydrogen) atoms. The van der Waals surface area contributed by atoms with E-state index in [-0.39, 0.29) is 30.1 Å². The van der Waals surface area contributed by atoms with Crippen molar-refractivity contribution in [1.29, 1.82) is 0 Å². The molecular weight excluding hydrogens is 349 g/mol. The Labute approximate surface area is 145 Å². The van der Waals surface area contributed by atoms with Crippen LogP contribution < -0.4 is 5.73 Å². The number of primary amides is 1. The first-order valence-corrected chi connectivity index (χ1v) is 9.81. The van der Waals surface area contributed by atoms with Crippen LogP contribution in [0.2, 0.25) is 0 Å². The molecule has 0 aliphatic carbocycles. The van der Waals surface area contributed by atoms with Crippen molar-refractivity contribution in [2.75, 3.05) is 25.9 Å². The lowest BCUT2D eigenvalue weighted by Crippen LogP contribution is -2.58. The predicted octanol–water partition coefficient (Wildman–Crippen LogP) is 0.217. The van der Waals surface area contributed by atoms with Gasteiger partial charge in [0.15, 0.2) is 5.67 Å². The Morgan fingerprint density at radius 1 is 1.32 bits per heavy atom. The lowest BCUT2D eigenvalue weighted by molar-refractivity contribution is -0.121. The number of rotatable bonds is 4. The van der Waals surface area contributed by atoms with Gasteiger partial charge in [0.2, 0.25) is 15.9 Å². The molecule has 1 aromatic rings. The summed E-state index contributed by atoms with van der Waals surface area (Å²) in [6, 6.07) is 5.44. The van der Waals surface area contributed by atoms with E-state index in [2.05, 4.69) is 0 Å². The number of amides is 2. The van der Waals surface area contributed by atoms with Gasteiger partial charge in [0.25, 0.3) is 5.91 Å². The maximum Gasteiger partial charge on any atom is 0.254 e. The Morgan fingerprint density at radius 3 is 2.60 bits per heavy atom. The number of nitrogens with zero attached hydrogens (tertiary/aromatic N) is 2. The molecule has 2 saturated heterocycles. The van der Waals surface area contributed by atoms with Crippen molar-refractivity contribution in [3.8, 4) is 0 Å². The third kappa shape index (κ3) is 3.25. The summed E-state index contributed by atoms with van der Waals surface area (Å²) in [5.74, 6) is -0.919. The average molecular weight is 369 g/mol. The first-order chi connectivity index (χ1) is 11.6. The van der Waals surface area contributed by atoms with Gasteiger partial charge in [-0.1, -0.05) is 12.1 Å². The highest BCUT2D eigenvalue weighted by atomic mass is 32.2. The largest absolute Gasteiger partial charge is 0.368 e. The number of halogens is 1. The van der Waals surface area contributed by atoms with Crippen molar-refractivity contribution >= 4 is 21.8 Å². The van der Waals surface area contributed by atoms with Crippen LogP contribution in [0.4, 0.5) is 4.39 Å². The van der Waals surface area contributed by atoms with Gasteiger partial charge in [-0.3, -0.25) is 9.59 Å². The van der Waals surface area contributed by atoms with E-state index in [0.29, 0.717) is 19.4 Å². The summed E-state index contributed by atoms with van der Waals surface area (Å²) in [5.41, 5.74) is 4.04. The molecule has 9 heteroatoms. The van der Waals surface area contributed by atoms with Crippen LogP contribution in [0.3, 0.4) is 0 Å². The maximum atomic E-state index is 14.9. The van der Waals surface area contributed by atoms with E-state index in [1.54, 1.807) is 12.1 Å². The topological polar surface area (TPSA) is 101 Å². The highest BCUT2D eigenvalue weighted by Gasteiger charge is 2.49. The second-order valence-corrected chi connectivity index (χ2v) is 8.62. The Bertz CT molecular complexity index is 820. The van der Waals surface area contributed by atoms with Gasteiger partial charge in [0, 0.05) is 12.1 Å². The zero-order chi connectivity index (χ0) is 18.4. The summed E-state index contributed by atoms with van der Waals surface area (Å²) in [4.78, 5) is 25.5. The minimum atomic E-state index is -3.43. The molecule has 2 fully saturated rings. The number of benzene rings is 1. The molecule has 136 valence electrons. The first kappa shape index (κ1) is 17.8. The summed E-state index contributed by atoms with van der Waals surface area (Å²) >= 11 is 0. The van der Waals surface area contributed by atoms with Crippen molar-refractivity contribution in [1.82, 2.24) is 9.21 Å². The Kier molecular flexibility index (Phi) is 4.32. The van der Waals surface area contributed by atoms with Gasteiger partial charge < -0.3 is 10.6 Å². The van der Waals surface area contributed by atoms with Crippen LogP contribution in [0.15, 0.2) is 24.3 Å². The van der Waals surface area contributed by atoms with E-state index < -0.39 is 27.6 Å². The fourth-order valence-electron chi connectivity index (χ4n) is 3.33. The molecule has 0 unspecified atom stereocenters. The predicted molar refractivity (Wildman–Crippen MR) is 88.9 cm³/mol. The molecule has 3 rings (SSSR count). The van der Waals surface area contributed by atoms with Crippen molar-refractivity contribution in [3.63, 3.8) is 0 Å². The quantitative estimate of drug-likeness (QED) is 0.820. The number of carbonyl (C=O) groups excluding carboxylic acids is 2. The molecule has 1 aromatic carbocycles. The molecule has 0 saturated carbocycles. The van der Waals surface area contributed by atoms with Crippen molar-refractivity contribution in [3.05, 3.63) is 35.4 Å². The molecule has 2 heterocycles. The molecule has 2 aliphatic rings. The number of carbonyl (C=O) groups is 2. The molecular formula is C16H20FN3O4S. The Hall–Kier alpha value is -2.00. The number of sulfonamides is 1. The number of likely N-dealkylation sites (tertiary alicyclic amines) is 1. The third-order valence-corrected chi connectivity index (χ3v) is 5.99. The van der Waals surface area contributed by atoms with Crippen molar-refractivity contribution in [2.45, 2.75) is 24.6 Å². The van der Waals surface area contributed by atoms with E-state index in [4.69, 9.17) is 5.73 Å². The minimum Gasteiger partial charge on any atom is -0.368 e. The SMILES string of the molecule is CS(=O)(=O)N1CC(F)(c2cccc(C(=O)N3CCC[C@@H]3C(N)=O)c2)C1. The highest BCUT2D eigenvalue weighted by Crippen LogP contribution is 2.38. The van der Waals surface area contributed by atoms with Gasteiger partial charge in [-0.05, 0) is 30.5 Å². The van der Waals surface area contributed by atoms with Crippen molar-refractivity contribution in [2.24, 2.45) is 5.73 Å². The van der Waals surface area contributed by atoms with E-state index in [9.17, 15) is 22.4 Å². The molecule has 0 radical (unpaired) electrons. The van der Waals surface area contributed by atoms with Crippen LogP contribution in [0.1, 0.15) is 28.8 Å². The van der Waals surface area contributed by atoms with Crippen LogP contribution in [-0.2, 0) is 20.5 Å². The average Bonchev–Trinajstić information content (AvgIpc) is 3.00. The number of alkyl halides is 1. The zero-order valence-corrected chi connectivity index (χ0v) is 14.6. The fourth-order valence-corrected chi connectivity index (χ4v) is 4.21. The lowest BCUT2D eigenvalue weighted by Gasteiger charge is -2.43. The smallest absolute Gasteiger partial charge is 0.254 e. The molecule has 0 spiro atoms. The second-order valence-electron chi connectivity index (χ2n) is 6.64. The van der Waals surface area contributed by atoms with E-state index in [1.807, 2.05) is 0 Å².